The molecule has 0 unspecified atom stereocenters. The van der Waals surface area contributed by atoms with Gasteiger partial charge in [-0.3, -0.25) is 24.2 Å². The number of rotatable bonds is 6. The summed E-state index contributed by atoms with van der Waals surface area (Å²) in [6, 6.07) is 0. The summed E-state index contributed by atoms with van der Waals surface area (Å²) in [7, 11) is 3.50. The summed E-state index contributed by atoms with van der Waals surface area (Å²) in [6.45, 7) is 20.8. The van der Waals surface area contributed by atoms with Crippen LogP contribution in [0.15, 0.2) is 46.1 Å². The summed E-state index contributed by atoms with van der Waals surface area (Å²) < 4.78 is 31.0. The third-order valence-corrected chi connectivity index (χ3v) is 16.7. The van der Waals surface area contributed by atoms with Crippen molar-refractivity contribution in [3.05, 3.63) is 58.0 Å². The van der Waals surface area contributed by atoms with Gasteiger partial charge in [0, 0.05) is 113 Å². The molecule has 3 saturated heterocycles. The molecule has 0 saturated carbocycles. The van der Waals surface area contributed by atoms with E-state index in [0.717, 1.165) is 32.5 Å². The van der Waals surface area contributed by atoms with Crippen LogP contribution in [0.2, 0.25) is 0 Å². The molecule has 0 aromatic heterocycles. The molecule has 2 amide bonds. The molecular formula is C56H78N6O13. The van der Waals surface area contributed by atoms with Crippen LogP contribution in [-0.4, -0.2) is 167 Å². The molecule has 7 aliphatic rings. The molecule has 7 heterocycles. The third-order valence-electron chi connectivity index (χ3n) is 16.7. The summed E-state index contributed by atoms with van der Waals surface area (Å²) >= 11 is 0. The lowest BCUT2D eigenvalue weighted by molar-refractivity contribution is -0.170. The van der Waals surface area contributed by atoms with Crippen molar-refractivity contribution < 1.29 is 63.3 Å². The van der Waals surface area contributed by atoms with Gasteiger partial charge in [0.25, 0.3) is 11.7 Å². The van der Waals surface area contributed by atoms with Gasteiger partial charge in [0.2, 0.25) is 5.91 Å². The van der Waals surface area contributed by atoms with Gasteiger partial charge in [0.05, 0.1) is 53.4 Å². The van der Waals surface area contributed by atoms with Gasteiger partial charge >= 0.3 is 11.8 Å². The Morgan fingerprint density at radius 3 is 2.27 bits per heavy atom. The molecule has 2 aromatic carbocycles. The van der Waals surface area contributed by atoms with Crippen LogP contribution >= 0.6 is 0 Å². The number of ether oxygens (including phenoxy) is 5. The summed E-state index contributed by atoms with van der Waals surface area (Å²) in [5.74, 6) is -7.90. The number of nitrogens with one attached hydrogen (secondary N) is 1. The molecule has 5 bridgehead atoms. The SMILES string of the molecule is CO[C@H]1/C=C/O[C@@]2(C)Oc3c(C)c(O)c4c(O)c(c5c(c4c3C2=O)NC2(CCN(CC(C)C)CC2)N=5)=NC(=O)/C(C)=C\C=C\[C@H](C)[C@H](O)[C@@H](C)[C@@H](O)[C@@H](C)[C@H](OC(=O)CC(=O)N2CCOC3(CCN(C)CC3)C2)[C@@H]1C. The van der Waals surface area contributed by atoms with Gasteiger partial charge < -0.3 is 64.1 Å². The Labute approximate surface area is 439 Å². The van der Waals surface area contributed by atoms with Gasteiger partial charge in [-0.05, 0) is 45.7 Å². The number of aromatic hydroxyl groups is 2. The fourth-order valence-electron chi connectivity index (χ4n) is 11.9. The van der Waals surface area contributed by atoms with E-state index in [1.807, 2.05) is 7.05 Å². The number of Topliss-reactive ketones (excluding diaryl/α,β-unsaturated/α-hetero) is 1. The lowest BCUT2D eigenvalue weighted by Crippen LogP contribution is -2.57. The minimum Gasteiger partial charge on any atom is -0.507 e. The quantitative estimate of drug-likeness (QED) is 0.153. The minimum atomic E-state index is -2.02. The van der Waals surface area contributed by atoms with Crippen LogP contribution in [0.3, 0.4) is 0 Å². The van der Waals surface area contributed by atoms with Crippen molar-refractivity contribution in [1.82, 2.24) is 14.7 Å². The number of nitrogens with zero attached hydrogens (tertiary/aromatic N) is 5. The van der Waals surface area contributed by atoms with E-state index in [4.69, 9.17) is 28.7 Å². The Morgan fingerprint density at radius 2 is 1.60 bits per heavy atom. The van der Waals surface area contributed by atoms with Crippen molar-refractivity contribution in [1.29, 1.82) is 0 Å². The number of hydrogen-bond acceptors (Lipinski definition) is 17. The number of allylic oxidation sites excluding steroid dienone is 2. The van der Waals surface area contributed by atoms with Crippen molar-refractivity contribution >= 4 is 40.0 Å². The maximum absolute atomic E-state index is 15.0. The fraction of sp³-hybridized carbons (Fsp3) is 0.643. The maximum Gasteiger partial charge on any atom is 0.315 e. The molecule has 2 aromatic rings. The molecule has 0 aliphatic carbocycles. The zero-order valence-electron chi connectivity index (χ0n) is 45.5. The maximum atomic E-state index is 15.0. The van der Waals surface area contributed by atoms with Crippen molar-refractivity contribution in [3.63, 3.8) is 0 Å². The van der Waals surface area contributed by atoms with E-state index in [2.05, 4.69) is 34.0 Å². The molecule has 7 aliphatic heterocycles. The topological polar surface area (TPSA) is 242 Å². The average Bonchev–Trinajstić information content (AvgIpc) is 3.88. The Bertz CT molecular complexity index is 2780. The molecule has 410 valence electrons. The number of methoxy groups -OCH3 is 1. The third kappa shape index (κ3) is 10.9. The number of piperidine rings is 2. The zero-order chi connectivity index (χ0) is 54.5. The van der Waals surface area contributed by atoms with E-state index in [1.54, 1.807) is 58.6 Å². The van der Waals surface area contributed by atoms with Gasteiger partial charge in [0.15, 0.2) is 5.75 Å². The Balaban J connectivity index is 1.17. The number of esters is 1. The predicted octanol–water partition coefficient (Wildman–Crippen LogP) is 4.44. The first kappa shape index (κ1) is 55.8. The number of likely N-dealkylation sites (tertiary alicyclic amines) is 2. The molecule has 3 fully saturated rings. The van der Waals surface area contributed by atoms with E-state index in [0.29, 0.717) is 57.2 Å². The van der Waals surface area contributed by atoms with Crippen molar-refractivity contribution in [3.8, 4) is 17.2 Å². The molecule has 0 radical (unpaired) electrons. The monoisotopic (exact) mass is 1040 g/mol. The Kier molecular flexibility index (Phi) is 16.3. The second kappa shape index (κ2) is 21.9. The summed E-state index contributed by atoms with van der Waals surface area (Å²) in [5, 5.41) is 51.5. The number of aliphatic hydroxyl groups is 2. The highest BCUT2D eigenvalue weighted by molar-refractivity contribution is 6.21. The first-order valence-electron chi connectivity index (χ1n) is 26.6. The van der Waals surface area contributed by atoms with E-state index < -0.39 is 107 Å². The number of anilines is 1. The second-order valence-corrected chi connectivity index (χ2v) is 22.7. The number of phenols is 2. The first-order chi connectivity index (χ1) is 35.4. The highest BCUT2D eigenvalue weighted by Gasteiger charge is 2.51. The number of ketones is 1. The molecule has 5 N–H and O–H groups in total. The molecular weight excluding hydrogens is 965 g/mol. The first-order valence-corrected chi connectivity index (χ1v) is 26.6. The lowest BCUT2D eigenvalue weighted by atomic mass is 9.78. The van der Waals surface area contributed by atoms with Gasteiger partial charge in [0.1, 0.15) is 40.4 Å². The van der Waals surface area contributed by atoms with Crippen LogP contribution in [0, 0.1) is 36.5 Å². The number of morpholine rings is 1. The lowest BCUT2D eigenvalue weighted by Gasteiger charge is -2.46. The largest absolute Gasteiger partial charge is 0.507 e. The van der Waals surface area contributed by atoms with E-state index in [9.17, 15) is 39.6 Å². The van der Waals surface area contributed by atoms with Gasteiger partial charge in [-0.2, -0.15) is 0 Å². The second-order valence-electron chi connectivity index (χ2n) is 22.7. The zero-order valence-corrected chi connectivity index (χ0v) is 45.5. The normalized spacial score (nSPS) is 32.0. The molecule has 2 spiro atoms. The van der Waals surface area contributed by atoms with Crippen LogP contribution in [0.25, 0.3) is 10.8 Å². The van der Waals surface area contributed by atoms with Crippen LogP contribution in [0.4, 0.5) is 5.69 Å². The number of benzene rings is 2. The van der Waals surface area contributed by atoms with Gasteiger partial charge in [-0.25, -0.2) is 4.99 Å². The predicted molar refractivity (Wildman–Crippen MR) is 279 cm³/mol. The standard InChI is InChI=1S/C56H78N6O13/c1-30(2)28-61-22-18-56(19-23-61)58-43-40-41-48(67)36(8)51-42(40)52(69)54(9,75-51)72-25-15-37(71-11)33(5)50(74-39(64)27-38(63)62-24-26-73-55(29-62)16-20-60(10)21-17-55)35(7)47(66)34(6)46(65)31(3)13-12-14-32(4)53(70)57-45(49(41)68)44(43)59-56/h12-15,25,30-31,33-35,37,46-47,50,58,65-68H,16-24,26-29H2,1-11H3/b13-12+,25-15+,32-14-,57-45?/t31-,33+,34+,35+,37-,46-,47+,50+,54-/m0/s1. The highest BCUT2D eigenvalue weighted by atomic mass is 16.7. The van der Waals surface area contributed by atoms with Crippen LogP contribution in [0.1, 0.15) is 103 Å². The van der Waals surface area contributed by atoms with E-state index >= 15 is 0 Å². The van der Waals surface area contributed by atoms with Crippen molar-refractivity contribution in [2.45, 2.75) is 136 Å². The Hall–Kier alpha value is -5.44. The minimum absolute atomic E-state index is 0.0262. The van der Waals surface area contributed by atoms with E-state index in [-0.39, 0.29) is 43.9 Å². The van der Waals surface area contributed by atoms with Gasteiger partial charge in [-0.15, -0.1) is 0 Å². The smallest absolute Gasteiger partial charge is 0.315 e. The number of phenolic OH excluding ortho intramolecular Hbond substituents is 2. The highest BCUT2D eigenvalue weighted by Crippen LogP contribution is 2.51. The molecule has 9 rings (SSSR count). The van der Waals surface area contributed by atoms with E-state index in [1.165, 1.54) is 32.4 Å². The number of carbonyl (C=O) groups excluding carboxylic acids is 4. The molecule has 75 heavy (non-hydrogen) atoms. The van der Waals surface area contributed by atoms with Crippen molar-refractivity contribution in [2.75, 3.05) is 71.9 Å². The summed E-state index contributed by atoms with van der Waals surface area (Å²) in [6.07, 6.45) is 5.38. The van der Waals surface area contributed by atoms with Gasteiger partial charge in [-0.1, -0.05) is 59.8 Å². The van der Waals surface area contributed by atoms with Crippen molar-refractivity contribution in [2.24, 2.45) is 39.6 Å². The number of hydrogen-bond donors (Lipinski definition) is 5. The Morgan fingerprint density at radius 1 is 0.907 bits per heavy atom. The number of amides is 2. The number of carbonyl (C=O) groups is 4. The summed E-state index contributed by atoms with van der Waals surface area (Å²) in [5.41, 5.74) is -0.715. The van der Waals surface area contributed by atoms with Crippen LogP contribution in [-0.2, 0) is 33.3 Å². The van der Waals surface area contributed by atoms with Crippen LogP contribution < -0.4 is 20.8 Å². The molecule has 9 atom stereocenters. The number of fused-ring (bicyclic) bond motifs is 13. The molecule has 19 nitrogen and oxygen atoms in total. The number of aliphatic hydroxyl groups excluding tert-OH is 2. The fourth-order valence-corrected chi connectivity index (χ4v) is 11.9. The average molecular weight is 1040 g/mol. The summed E-state index contributed by atoms with van der Waals surface area (Å²) in [4.78, 5) is 72.7. The van der Waals surface area contributed by atoms with Crippen LogP contribution in [0.5, 0.6) is 17.2 Å². The molecule has 19 heteroatoms.